The van der Waals surface area contributed by atoms with Gasteiger partial charge >= 0.3 is 0 Å². The van der Waals surface area contributed by atoms with E-state index in [1.54, 1.807) is 0 Å². The Labute approximate surface area is 82.9 Å². The Morgan fingerprint density at radius 2 is 2.23 bits per heavy atom. The van der Waals surface area contributed by atoms with Crippen molar-refractivity contribution in [3.05, 3.63) is 23.2 Å². The second-order valence-electron chi connectivity index (χ2n) is 3.83. The van der Waals surface area contributed by atoms with Gasteiger partial charge in [-0.3, -0.25) is 0 Å². The first-order valence-corrected chi connectivity index (χ1v) is 4.68. The summed E-state index contributed by atoms with van der Waals surface area (Å²) in [4.78, 5) is 0. The summed E-state index contributed by atoms with van der Waals surface area (Å²) in [7, 11) is 0. The molecule has 0 fully saturated rings. The van der Waals surface area contributed by atoms with Crippen LogP contribution < -0.4 is 10.1 Å². The number of fused-ring (bicyclic) bond motifs is 1. The quantitative estimate of drug-likeness (QED) is 0.691. The molecular weight excluding hydrogens is 186 g/mol. The molecule has 0 saturated carbocycles. The average Bonchev–Trinajstić information content (AvgIpc) is 2.02. The van der Waals surface area contributed by atoms with Gasteiger partial charge in [0.25, 0.3) is 0 Å². The fourth-order valence-electron chi connectivity index (χ4n) is 1.40. The predicted octanol–water partition coefficient (Wildman–Crippen LogP) is 2.92. The lowest BCUT2D eigenvalue weighted by molar-refractivity contribution is 0.116. The fraction of sp³-hybridized carbons (Fsp3) is 0.400. The molecule has 1 aromatic rings. The maximum absolute atomic E-state index is 5.99. The summed E-state index contributed by atoms with van der Waals surface area (Å²) in [5.74, 6) is 0.837. The average molecular weight is 198 g/mol. The largest absolute Gasteiger partial charge is 0.484 e. The van der Waals surface area contributed by atoms with E-state index in [9.17, 15) is 0 Å². The molecule has 2 nitrogen and oxygen atoms in total. The van der Waals surface area contributed by atoms with E-state index in [0.717, 1.165) is 18.0 Å². The van der Waals surface area contributed by atoms with E-state index in [4.69, 9.17) is 16.3 Å². The summed E-state index contributed by atoms with van der Waals surface area (Å²) < 4.78 is 5.75. The number of anilines is 1. The first-order valence-electron chi connectivity index (χ1n) is 4.30. The van der Waals surface area contributed by atoms with Crippen LogP contribution in [0.5, 0.6) is 5.75 Å². The summed E-state index contributed by atoms with van der Waals surface area (Å²) in [5.41, 5.74) is 0.751. The van der Waals surface area contributed by atoms with Gasteiger partial charge in [-0.05, 0) is 26.0 Å². The normalized spacial score (nSPS) is 18.4. The molecule has 0 atom stereocenters. The predicted molar refractivity (Wildman–Crippen MR) is 54.6 cm³/mol. The van der Waals surface area contributed by atoms with E-state index in [1.807, 2.05) is 32.0 Å². The molecule has 1 N–H and O–H groups in total. The van der Waals surface area contributed by atoms with Gasteiger partial charge in [-0.1, -0.05) is 17.7 Å². The Bertz CT molecular complexity index is 336. The third-order valence-corrected chi connectivity index (χ3v) is 2.37. The van der Waals surface area contributed by atoms with Crippen LogP contribution in [0.4, 0.5) is 5.69 Å². The molecular formula is C10H12ClNO. The van der Waals surface area contributed by atoms with E-state index < -0.39 is 0 Å². The minimum Gasteiger partial charge on any atom is -0.484 e. The number of benzene rings is 1. The van der Waals surface area contributed by atoms with Crippen LogP contribution in [0.3, 0.4) is 0 Å². The van der Waals surface area contributed by atoms with Crippen molar-refractivity contribution < 1.29 is 4.74 Å². The number of hydrogen-bond acceptors (Lipinski definition) is 2. The van der Waals surface area contributed by atoms with Crippen LogP contribution in [-0.4, -0.2) is 12.1 Å². The smallest absolute Gasteiger partial charge is 0.144 e. The molecule has 1 aliphatic heterocycles. The highest BCUT2D eigenvalue weighted by atomic mass is 35.5. The van der Waals surface area contributed by atoms with Crippen molar-refractivity contribution in [1.82, 2.24) is 0 Å². The summed E-state index contributed by atoms with van der Waals surface area (Å²) in [6, 6.07) is 5.68. The van der Waals surface area contributed by atoms with Crippen LogP contribution >= 0.6 is 11.6 Å². The van der Waals surface area contributed by atoms with Gasteiger partial charge in [-0.2, -0.15) is 0 Å². The lowest BCUT2D eigenvalue weighted by atomic mass is 10.1. The summed E-state index contributed by atoms with van der Waals surface area (Å²) in [6.45, 7) is 4.87. The Morgan fingerprint density at radius 1 is 1.46 bits per heavy atom. The number of rotatable bonds is 0. The van der Waals surface area contributed by atoms with Crippen molar-refractivity contribution in [1.29, 1.82) is 0 Å². The summed E-state index contributed by atoms with van der Waals surface area (Å²) >= 11 is 5.99. The van der Waals surface area contributed by atoms with Gasteiger partial charge < -0.3 is 10.1 Å². The van der Waals surface area contributed by atoms with Crippen molar-refractivity contribution in [2.45, 2.75) is 19.4 Å². The van der Waals surface area contributed by atoms with E-state index in [0.29, 0.717) is 5.02 Å². The molecule has 70 valence electrons. The molecule has 0 spiro atoms. The van der Waals surface area contributed by atoms with Gasteiger partial charge in [-0.25, -0.2) is 0 Å². The lowest BCUT2D eigenvalue weighted by Crippen LogP contribution is -2.40. The van der Waals surface area contributed by atoms with Crippen LogP contribution in [0.1, 0.15) is 13.8 Å². The highest BCUT2D eigenvalue weighted by Crippen LogP contribution is 2.37. The lowest BCUT2D eigenvalue weighted by Gasteiger charge is -2.33. The summed E-state index contributed by atoms with van der Waals surface area (Å²) in [6.07, 6.45) is 0. The second-order valence-corrected chi connectivity index (χ2v) is 4.24. The third kappa shape index (κ3) is 1.59. The van der Waals surface area contributed by atoms with Crippen LogP contribution in [-0.2, 0) is 0 Å². The van der Waals surface area contributed by atoms with Crippen molar-refractivity contribution in [3.63, 3.8) is 0 Å². The number of halogens is 1. The molecule has 13 heavy (non-hydrogen) atoms. The number of hydrogen-bond donors (Lipinski definition) is 1. The molecule has 0 aliphatic carbocycles. The Morgan fingerprint density at radius 3 is 3.00 bits per heavy atom. The highest BCUT2D eigenvalue weighted by Gasteiger charge is 2.26. The molecule has 0 amide bonds. The van der Waals surface area contributed by atoms with E-state index in [2.05, 4.69) is 5.32 Å². The number of ether oxygens (including phenoxy) is 1. The molecule has 0 unspecified atom stereocenters. The standard InChI is InChI=1S/C10H12ClNO/c1-10(2)6-12-9-7(11)4-3-5-8(9)13-10/h3-5,12H,6H2,1-2H3. The Kier molecular flexibility index (Phi) is 1.88. The van der Waals surface area contributed by atoms with Gasteiger partial charge in [-0.15, -0.1) is 0 Å². The molecule has 0 saturated heterocycles. The van der Waals surface area contributed by atoms with Crippen molar-refractivity contribution in [3.8, 4) is 5.75 Å². The maximum atomic E-state index is 5.99. The van der Waals surface area contributed by atoms with Gasteiger partial charge in [0.15, 0.2) is 0 Å². The second kappa shape index (κ2) is 2.81. The van der Waals surface area contributed by atoms with Crippen molar-refractivity contribution in [2.24, 2.45) is 0 Å². The van der Waals surface area contributed by atoms with E-state index >= 15 is 0 Å². The molecule has 1 heterocycles. The molecule has 2 rings (SSSR count). The minimum absolute atomic E-state index is 0.155. The van der Waals surface area contributed by atoms with Gasteiger partial charge in [0.1, 0.15) is 11.4 Å². The zero-order chi connectivity index (χ0) is 9.47. The molecule has 0 aromatic heterocycles. The zero-order valence-corrected chi connectivity index (χ0v) is 8.48. The van der Waals surface area contributed by atoms with Gasteiger partial charge in [0.2, 0.25) is 0 Å². The third-order valence-electron chi connectivity index (χ3n) is 2.05. The van der Waals surface area contributed by atoms with Crippen LogP contribution in [0.15, 0.2) is 18.2 Å². The SMILES string of the molecule is CC1(C)CNc2c(Cl)cccc2O1. The van der Waals surface area contributed by atoms with E-state index in [-0.39, 0.29) is 5.60 Å². The molecule has 1 aliphatic rings. The Balaban J connectivity index is 2.42. The number of para-hydroxylation sites is 1. The van der Waals surface area contributed by atoms with E-state index in [1.165, 1.54) is 0 Å². The first-order chi connectivity index (χ1) is 6.08. The van der Waals surface area contributed by atoms with Crippen LogP contribution in [0.25, 0.3) is 0 Å². The molecule has 3 heteroatoms. The van der Waals surface area contributed by atoms with Gasteiger partial charge in [0, 0.05) is 0 Å². The highest BCUT2D eigenvalue weighted by molar-refractivity contribution is 6.33. The summed E-state index contributed by atoms with van der Waals surface area (Å²) in [5, 5.41) is 3.98. The molecule has 1 aromatic carbocycles. The minimum atomic E-state index is -0.155. The van der Waals surface area contributed by atoms with Gasteiger partial charge in [0.05, 0.1) is 17.3 Å². The van der Waals surface area contributed by atoms with Crippen LogP contribution in [0, 0.1) is 0 Å². The molecule has 0 bridgehead atoms. The van der Waals surface area contributed by atoms with Crippen LogP contribution in [0.2, 0.25) is 5.02 Å². The first kappa shape index (κ1) is 8.70. The Hall–Kier alpha value is -0.890. The zero-order valence-electron chi connectivity index (χ0n) is 7.73. The molecule has 0 radical (unpaired) electrons. The fourth-order valence-corrected chi connectivity index (χ4v) is 1.63. The van der Waals surface area contributed by atoms with Crippen molar-refractivity contribution >= 4 is 17.3 Å². The topological polar surface area (TPSA) is 21.3 Å². The number of nitrogens with one attached hydrogen (secondary N) is 1. The maximum Gasteiger partial charge on any atom is 0.144 e. The van der Waals surface area contributed by atoms with Crippen molar-refractivity contribution in [2.75, 3.05) is 11.9 Å². The monoisotopic (exact) mass is 197 g/mol.